The normalized spacial score (nSPS) is 21.0. The van der Waals surface area contributed by atoms with Gasteiger partial charge in [-0.2, -0.15) is 0 Å². The second kappa shape index (κ2) is 11.4. The number of allylic oxidation sites excluding steroid dienone is 9. The summed E-state index contributed by atoms with van der Waals surface area (Å²) in [6.07, 6.45) is 26.8. The third-order valence-corrected chi connectivity index (χ3v) is 6.21. The fourth-order valence-corrected chi connectivity index (χ4v) is 4.35. The molecule has 2 aliphatic carbocycles. The molecular formula is C26H40. The molecule has 0 aromatic carbocycles. The summed E-state index contributed by atoms with van der Waals surface area (Å²) < 4.78 is 0. The largest absolute Gasteiger partial charge is 0.0955 e. The molecule has 0 amide bonds. The van der Waals surface area contributed by atoms with Crippen LogP contribution < -0.4 is 0 Å². The maximum atomic E-state index is 4.06. The Morgan fingerprint density at radius 2 is 1.85 bits per heavy atom. The van der Waals surface area contributed by atoms with Crippen molar-refractivity contribution in [1.29, 1.82) is 0 Å². The molecule has 0 fully saturated rings. The van der Waals surface area contributed by atoms with Gasteiger partial charge in [-0.1, -0.05) is 106 Å². The van der Waals surface area contributed by atoms with Crippen molar-refractivity contribution in [1.82, 2.24) is 0 Å². The Kier molecular flexibility index (Phi) is 9.23. The molecule has 0 aliphatic heterocycles. The van der Waals surface area contributed by atoms with Gasteiger partial charge in [0, 0.05) is 5.92 Å². The number of unbranched alkanes of at least 4 members (excludes halogenated alkanes) is 5. The molecule has 0 saturated heterocycles. The highest BCUT2D eigenvalue weighted by Crippen LogP contribution is 2.35. The summed E-state index contributed by atoms with van der Waals surface area (Å²) in [5.41, 5.74) is 5.83. The van der Waals surface area contributed by atoms with Gasteiger partial charge in [0.05, 0.1) is 0 Å². The van der Waals surface area contributed by atoms with Crippen LogP contribution in [0.1, 0.15) is 91.4 Å². The first kappa shape index (κ1) is 21.0. The van der Waals surface area contributed by atoms with Gasteiger partial charge in [0.15, 0.2) is 0 Å². The highest BCUT2D eigenvalue weighted by molar-refractivity contribution is 5.41. The molecule has 0 aromatic rings. The van der Waals surface area contributed by atoms with Crippen molar-refractivity contribution < 1.29 is 0 Å². The number of hydrogen-bond donors (Lipinski definition) is 0. The minimum Gasteiger partial charge on any atom is -0.0955 e. The van der Waals surface area contributed by atoms with Crippen LogP contribution in [0.25, 0.3) is 0 Å². The Bertz CT molecular complexity index is 567. The van der Waals surface area contributed by atoms with E-state index in [0.717, 1.165) is 12.3 Å². The third kappa shape index (κ3) is 6.45. The van der Waals surface area contributed by atoms with E-state index in [-0.39, 0.29) is 0 Å². The summed E-state index contributed by atoms with van der Waals surface area (Å²) in [7, 11) is 0. The van der Waals surface area contributed by atoms with Crippen LogP contribution >= 0.6 is 0 Å². The second-order valence-electron chi connectivity index (χ2n) is 8.29. The summed E-state index contributed by atoms with van der Waals surface area (Å²) in [5, 5.41) is 0. The van der Waals surface area contributed by atoms with Gasteiger partial charge < -0.3 is 0 Å². The summed E-state index contributed by atoms with van der Waals surface area (Å²) in [6.45, 7) is 10.8. The molecule has 2 aliphatic rings. The Morgan fingerprint density at radius 3 is 2.42 bits per heavy atom. The van der Waals surface area contributed by atoms with Gasteiger partial charge in [-0.05, 0) is 50.5 Å². The summed E-state index contributed by atoms with van der Waals surface area (Å²) in [4.78, 5) is 0. The van der Waals surface area contributed by atoms with Gasteiger partial charge in [0.2, 0.25) is 0 Å². The second-order valence-corrected chi connectivity index (χ2v) is 8.29. The maximum absolute atomic E-state index is 4.06. The van der Waals surface area contributed by atoms with E-state index in [1.807, 2.05) is 0 Å². The van der Waals surface area contributed by atoms with Crippen LogP contribution in [-0.2, 0) is 0 Å². The van der Waals surface area contributed by atoms with Gasteiger partial charge in [-0.3, -0.25) is 0 Å². The zero-order chi connectivity index (χ0) is 18.8. The van der Waals surface area contributed by atoms with Gasteiger partial charge in [-0.25, -0.2) is 0 Å². The molecule has 2 unspecified atom stereocenters. The topological polar surface area (TPSA) is 0 Å². The fourth-order valence-electron chi connectivity index (χ4n) is 4.35. The monoisotopic (exact) mass is 352 g/mol. The van der Waals surface area contributed by atoms with E-state index in [4.69, 9.17) is 0 Å². The van der Waals surface area contributed by atoms with Crippen molar-refractivity contribution >= 4 is 0 Å². The molecule has 0 nitrogen and oxygen atoms in total. The smallest absolute Gasteiger partial charge is 0.00181 e. The predicted molar refractivity (Wildman–Crippen MR) is 117 cm³/mol. The van der Waals surface area contributed by atoms with Crippen LogP contribution in [0.2, 0.25) is 0 Å². The molecule has 0 aromatic heterocycles. The molecule has 0 spiro atoms. The first-order valence-corrected chi connectivity index (χ1v) is 11.1. The number of hydrogen-bond acceptors (Lipinski definition) is 0. The molecule has 0 N–H and O–H groups in total. The average molecular weight is 353 g/mol. The van der Waals surface area contributed by atoms with Crippen LogP contribution in [0, 0.1) is 11.8 Å². The molecule has 0 heterocycles. The van der Waals surface area contributed by atoms with E-state index in [9.17, 15) is 0 Å². The summed E-state index contributed by atoms with van der Waals surface area (Å²) in [5.74, 6) is 1.42. The van der Waals surface area contributed by atoms with Crippen molar-refractivity contribution in [2.24, 2.45) is 11.8 Å². The standard InChI is InChI=1S/C26H40/c1-5-7-8-9-10-11-12-22(6-2)24-17-19-26(20-18-24)25-15-13-23(14-16-25)21(3)4/h13-15,17,19,22,25H,3,5-12,16,18,20H2,1-2,4H3. The van der Waals surface area contributed by atoms with Crippen LogP contribution in [0.4, 0.5) is 0 Å². The van der Waals surface area contributed by atoms with E-state index in [2.05, 4.69) is 57.7 Å². The molecule has 0 heteroatoms. The SMILES string of the molecule is C=C(C)C1=CCC(C2=CC=C(C(CC)CCCCCCCC)CC2)C=C1. The van der Waals surface area contributed by atoms with E-state index < -0.39 is 0 Å². The maximum Gasteiger partial charge on any atom is 0.00181 e. The Labute approximate surface area is 162 Å². The first-order chi connectivity index (χ1) is 12.7. The van der Waals surface area contributed by atoms with E-state index >= 15 is 0 Å². The van der Waals surface area contributed by atoms with Gasteiger partial charge in [0.25, 0.3) is 0 Å². The molecule has 2 atom stereocenters. The average Bonchev–Trinajstić information content (AvgIpc) is 2.68. The molecular weight excluding hydrogens is 312 g/mol. The van der Waals surface area contributed by atoms with Gasteiger partial charge in [-0.15, -0.1) is 0 Å². The van der Waals surface area contributed by atoms with Crippen LogP contribution in [0.15, 0.2) is 59.3 Å². The van der Waals surface area contributed by atoms with Gasteiger partial charge >= 0.3 is 0 Å². The highest BCUT2D eigenvalue weighted by atomic mass is 14.2. The van der Waals surface area contributed by atoms with Crippen LogP contribution in [0.5, 0.6) is 0 Å². The first-order valence-electron chi connectivity index (χ1n) is 11.1. The molecule has 26 heavy (non-hydrogen) atoms. The van der Waals surface area contributed by atoms with Crippen LogP contribution in [0.3, 0.4) is 0 Å². The van der Waals surface area contributed by atoms with E-state index in [0.29, 0.717) is 5.92 Å². The quantitative estimate of drug-likeness (QED) is 0.327. The lowest BCUT2D eigenvalue weighted by atomic mass is 9.79. The summed E-state index contributed by atoms with van der Waals surface area (Å²) >= 11 is 0. The predicted octanol–water partition coefficient (Wildman–Crippen LogP) is 8.49. The van der Waals surface area contributed by atoms with Crippen molar-refractivity contribution in [2.45, 2.75) is 91.4 Å². The minimum atomic E-state index is 0.606. The Balaban J connectivity index is 1.82. The molecule has 0 radical (unpaired) electrons. The van der Waals surface area contributed by atoms with Crippen molar-refractivity contribution in [2.75, 3.05) is 0 Å². The Morgan fingerprint density at radius 1 is 1.08 bits per heavy atom. The zero-order valence-electron chi connectivity index (χ0n) is 17.5. The molecule has 0 bridgehead atoms. The highest BCUT2D eigenvalue weighted by Gasteiger charge is 2.19. The molecule has 0 saturated carbocycles. The lowest BCUT2D eigenvalue weighted by molar-refractivity contribution is 0.475. The molecule has 144 valence electrons. The lowest BCUT2D eigenvalue weighted by Gasteiger charge is -2.26. The van der Waals surface area contributed by atoms with Crippen molar-refractivity contribution in [3.8, 4) is 0 Å². The lowest BCUT2D eigenvalue weighted by Crippen LogP contribution is -2.10. The third-order valence-electron chi connectivity index (χ3n) is 6.21. The van der Waals surface area contributed by atoms with Gasteiger partial charge in [0.1, 0.15) is 0 Å². The molecule has 2 rings (SSSR count). The Hall–Kier alpha value is -1.30. The zero-order valence-corrected chi connectivity index (χ0v) is 17.5. The van der Waals surface area contributed by atoms with E-state index in [1.54, 1.807) is 11.1 Å². The van der Waals surface area contributed by atoms with Crippen molar-refractivity contribution in [3.63, 3.8) is 0 Å². The minimum absolute atomic E-state index is 0.606. The fraction of sp³-hybridized carbons (Fsp3) is 0.615. The van der Waals surface area contributed by atoms with Crippen molar-refractivity contribution in [3.05, 3.63) is 59.3 Å². The van der Waals surface area contributed by atoms with E-state index in [1.165, 1.54) is 75.4 Å². The summed E-state index contributed by atoms with van der Waals surface area (Å²) in [6, 6.07) is 0. The number of rotatable bonds is 11. The van der Waals surface area contributed by atoms with Crippen LogP contribution in [-0.4, -0.2) is 0 Å².